The monoisotopic (exact) mass is 266 g/mol. The lowest BCUT2D eigenvalue weighted by atomic mass is 9.98. The molecule has 1 aliphatic rings. The molecule has 1 aromatic rings. The van der Waals surface area contributed by atoms with Crippen molar-refractivity contribution in [2.45, 2.75) is 18.0 Å². The highest BCUT2D eigenvalue weighted by molar-refractivity contribution is 5.21. The second-order valence-corrected chi connectivity index (χ2v) is 4.03. The molecule has 19 heavy (non-hydrogen) atoms. The number of rotatable bonds is 2. The first kappa shape index (κ1) is 13.1. The minimum Gasteiger partial charge on any atom is -0.468 e. The van der Waals surface area contributed by atoms with Crippen molar-refractivity contribution in [3.63, 3.8) is 0 Å². The van der Waals surface area contributed by atoms with Crippen LogP contribution in [-0.4, -0.2) is 26.4 Å². The molecule has 7 heteroatoms. The summed E-state index contributed by atoms with van der Waals surface area (Å²) in [6, 6.07) is 1.04. The highest BCUT2D eigenvalue weighted by atomic mass is 19.1. The Kier molecular flexibility index (Phi) is 3.01. The minimum atomic E-state index is -2.44. The Balaban J connectivity index is 2.60. The van der Waals surface area contributed by atoms with Crippen molar-refractivity contribution in [1.29, 1.82) is 0 Å². The minimum absolute atomic E-state index is 0.225. The number of nitrogens with one attached hydrogen (secondary N) is 1. The summed E-state index contributed by atoms with van der Waals surface area (Å²) in [5.74, 6) is -0.225. The maximum Gasteiger partial charge on any atom is 0.331 e. The van der Waals surface area contributed by atoms with E-state index in [-0.39, 0.29) is 5.76 Å². The Morgan fingerprint density at radius 3 is 2.89 bits per heavy atom. The highest BCUT2D eigenvalue weighted by Crippen LogP contribution is 2.43. The molecule has 0 amide bonds. The summed E-state index contributed by atoms with van der Waals surface area (Å²) in [5, 5.41) is 9.74. The van der Waals surface area contributed by atoms with Crippen molar-refractivity contribution < 1.29 is 14.2 Å². The zero-order chi connectivity index (χ0) is 14.2. The van der Waals surface area contributed by atoms with Crippen LogP contribution in [0.25, 0.3) is 0 Å². The molecular formula is C12H11FN2O4. The second kappa shape index (κ2) is 4.38. The topological polar surface area (TPSA) is 84.3 Å². The van der Waals surface area contributed by atoms with Gasteiger partial charge in [0.15, 0.2) is 6.10 Å². The van der Waals surface area contributed by atoms with E-state index in [1.807, 2.05) is 4.98 Å². The zero-order valence-electron chi connectivity index (χ0n) is 9.80. The lowest BCUT2D eigenvalue weighted by Gasteiger charge is -2.24. The molecule has 0 saturated carbocycles. The van der Waals surface area contributed by atoms with Gasteiger partial charge in [0.05, 0.1) is 0 Å². The van der Waals surface area contributed by atoms with Crippen LogP contribution in [0, 0.1) is 0 Å². The number of halogens is 1. The Bertz CT molecular complexity index is 685. The number of aromatic amines is 1. The Morgan fingerprint density at radius 1 is 1.63 bits per heavy atom. The molecule has 1 aromatic heterocycles. The normalized spacial score (nSPS) is 29.7. The Hall–Kier alpha value is -2.37. The maximum absolute atomic E-state index is 14.7. The number of aliphatic hydroxyl groups excluding tert-OH is 1. The molecule has 0 spiro atoms. The average molecular weight is 266 g/mol. The third-order valence-electron chi connectivity index (χ3n) is 2.79. The van der Waals surface area contributed by atoms with Gasteiger partial charge in [0.1, 0.15) is 5.76 Å². The molecule has 3 atom stereocenters. The molecule has 0 aromatic carbocycles. The largest absolute Gasteiger partial charge is 0.468 e. The summed E-state index contributed by atoms with van der Waals surface area (Å²) in [7, 11) is 0. The smallest absolute Gasteiger partial charge is 0.331 e. The zero-order valence-corrected chi connectivity index (χ0v) is 9.80. The van der Waals surface area contributed by atoms with Gasteiger partial charge in [-0.05, 0) is 0 Å². The van der Waals surface area contributed by atoms with E-state index in [2.05, 4.69) is 18.9 Å². The molecule has 0 bridgehead atoms. The van der Waals surface area contributed by atoms with Crippen molar-refractivity contribution in [3.05, 3.63) is 63.8 Å². The van der Waals surface area contributed by atoms with Crippen LogP contribution in [-0.2, 0) is 4.74 Å². The van der Waals surface area contributed by atoms with E-state index in [0.717, 1.165) is 22.9 Å². The average Bonchev–Trinajstić information content (AvgIpc) is 2.55. The number of hydrogen-bond donors (Lipinski definition) is 2. The van der Waals surface area contributed by atoms with Crippen molar-refractivity contribution in [2.75, 3.05) is 0 Å². The third-order valence-corrected chi connectivity index (χ3v) is 2.79. The molecule has 1 fully saturated rings. The van der Waals surface area contributed by atoms with Crippen molar-refractivity contribution >= 4 is 0 Å². The standard InChI is InChI=1S/C12H11FN2O4/c1-3-5-12(13)9(17)7(2)19-10(12)15-6-4-8(16)14-11(15)18/h4-6,9-10,17H,1-2H2,(H,14,16,18)/t9-,10-,12-/m1/s1. The summed E-state index contributed by atoms with van der Waals surface area (Å²) in [5.41, 5.74) is -1.72. The van der Waals surface area contributed by atoms with Crippen LogP contribution in [0.4, 0.5) is 4.39 Å². The molecule has 100 valence electrons. The summed E-state index contributed by atoms with van der Waals surface area (Å²) in [4.78, 5) is 24.6. The van der Waals surface area contributed by atoms with Gasteiger partial charge in [-0.3, -0.25) is 14.3 Å². The number of ether oxygens (including phenoxy) is 1. The quantitative estimate of drug-likeness (QED) is 0.737. The number of nitrogens with zero attached hydrogens (tertiary/aromatic N) is 1. The number of aliphatic hydroxyl groups is 1. The molecule has 6 nitrogen and oxygen atoms in total. The van der Waals surface area contributed by atoms with Gasteiger partial charge in [0.25, 0.3) is 5.56 Å². The van der Waals surface area contributed by atoms with E-state index in [9.17, 15) is 19.1 Å². The molecule has 0 unspecified atom stereocenters. The van der Waals surface area contributed by atoms with Gasteiger partial charge < -0.3 is 9.84 Å². The molecule has 2 N–H and O–H groups in total. The van der Waals surface area contributed by atoms with E-state index < -0.39 is 29.2 Å². The fraction of sp³-hybridized carbons (Fsp3) is 0.250. The summed E-state index contributed by atoms with van der Waals surface area (Å²) >= 11 is 0. The molecule has 1 saturated heterocycles. The van der Waals surface area contributed by atoms with Crippen LogP contribution >= 0.6 is 0 Å². The fourth-order valence-electron chi connectivity index (χ4n) is 1.87. The van der Waals surface area contributed by atoms with Crippen LogP contribution < -0.4 is 11.2 Å². The van der Waals surface area contributed by atoms with Gasteiger partial charge in [-0.25, -0.2) is 9.18 Å². The lowest BCUT2D eigenvalue weighted by Crippen LogP contribution is -2.43. The highest BCUT2D eigenvalue weighted by Gasteiger charge is 2.55. The summed E-state index contributed by atoms with van der Waals surface area (Å²) < 4.78 is 20.6. The van der Waals surface area contributed by atoms with Crippen LogP contribution in [0.5, 0.6) is 0 Å². The van der Waals surface area contributed by atoms with E-state index in [4.69, 9.17) is 4.74 Å². The molecule has 0 radical (unpaired) electrons. The van der Waals surface area contributed by atoms with Crippen molar-refractivity contribution in [2.24, 2.45) is 0 Å². The third kappa shape index (κ3) is 1.95. The molecule has 2 rings (SSSR count). The first-order valence-corrected chi connectivity index (χ1v) is 5.31. The molecule has 0 aliphatic carbocycles. The fourth-order valence-corrected chi connectivity index (χ4v) is 1.87. The molecular weight excluding hydrogens is 255 g/mol. The summed E-state index contributed by atoms with van der Waals surface area (Å²) in [6.45, 7) is 6.60. The molecule has 2 heterocycles. The van der Waals surface area contributed by atoms with E-state index in [1.54, 1.807) is 0 Å². The first-order valence-electron chi connectivity index (χ1n) is 5.31. The molecule has 1 aliphatic heterocycles. The number of alkyl halides is 1. The van der Waals surface area contributed by atoms with E-state index in [1.165, 1.54) is 0 Å². The van der Waals surface area contributed by atoms with E-state index in [0.29, 0.717) is 0 Å². The van der Waals surface area contributed by atoms with Crippen molar-refractivity contribution in [3.8, 4) is 0 Å². The van der Waals surface area contributed by atoms with Gasteiger partial charge in [0, 0.05) is 18.3 Å². The summed E-state index contributed by atoms with van der Waals surface area (Å²) in [6.07, 6.45) is -1.22. The van der Waals surface area contributed by atoms with Crippen molar-refractivity contribution in [1.82, 2.24) is 9.55 Å². The van der Waals surface area contributed by atoms with E-state index >= 15 is 0 Å². The first-order chi connectivity index (χ1) is 8.90. The second-order valence-electron chi connectivity index (χ2n) is 4.03. The number of aromatic nitrogens is 2. The van der Waals surface area contributed by atoms with Gasteiger partial charge in [-0.15, -0.1) is 5.73 Å². The lowest BCUT2D eigenvalue weighted by molar-refractivity contribution is -0.0152. The van der Waals surface area contributed by atoms with Gasteiger partial charge in [-0.2, -0.15) is 0 Å². The number of H-pyrrole nitrogens is 1. The van der Waals surface area contributed by atoms with Crippen LogP contribution in [0.15, 0.2) is 52.6 Å². The van der Waals surface area contributed by atoms with Crippen LogP contribution in [0.3, 0.4) is 0 Å². The predicted octanol–water partition coefficient (Wildman–Crippen LogP) is -0.0106. The van der Waals surface area contributed by atoms with Crippen LogP contribution in [0.2, 0.25) is 0 Å². The maximum atomic E-state index is 14.7. The SMILES string of the molecule is C=C=C[C@@]1(F)[C@H](O)C(=C)O[C@H]1n1ccc(=O)[nH]c1=O. The Labute approximate surface area is 106 Å². The van der Waals surface area contributed by atoms with Crippen LogP contribution in [0.1, 0.15) is 6.23 Å². The van der Waals surface area contributed by atoms with Gasteiger partial charge in [-0.1, -0.05) is 13.2 Å². The number of hydrogen-bond acceptors (Lipinski definition) is 4. The van der Waals surface area contributed by atoms with Gasteiger partial charge >= 0.3 is 5.69 Å². The Morgan fingerprint density at radius 2 is 2.32 bits per heavy atom. The predicted molar refractivity (Wildman–Crippen MR) is 64.1 cm³/mol. The van der Waals surface area contributed by atoms with Gasteiger partial charge in [0.2, 0.25) is 11.9 Å².